The Morgan fingerprint density at radius 1 is 1.19 bits per heavy atom. The lowest BCUT2D eigenvalue weighted by atomic mass is 10.1. The van der Waals surface area contributed by atoms with Crippen LogP contribution in [-0.2, 0) is 0 Å². The Labute approximate surface area is 109 Å². The molecule has 0 aliphatic rings. The number of nitrogens with zero attached hydrogens (tertiary/aromatic N) is 2. The van der Waals surface area contributed by atoms with Gasteiger partial charge in [-0.3, -0.25) is 0 Å². The Morgan fingerprint density at radius 3 is 2.62 bits per heavy atom. The van der Waals surface area contributed by atoms with Gasteiger partial charge in [0.05, 0.1) is 10.2 Å². The van der Waals surface area contributed by atoms with E-state index in [4.69, 9.17) is 0 Å². The first-order chi connectivity index (χ1) is 7.58. The molecule has 0 N–H and O–H groups in total. The lowest BCUT2D eigenvalue weighted by Gasteiger charge is -2.05. The van der Waals surface area contributed by atoms with E-state index in [0.29, 0.717) is 26.2 Å². The molecule has 16 heavy (non-hydrogen) atoms. The molecule has 0 saturated heterocycles. The standard InChI is InChI=1S/C11H7Br2FN2/c1-6-15-9(5-10(13)16-6)7-3-2-4-8(12)11(7)14/h2-5H,1H3. The Hall–Kier alpha value is -0.810. The Balaban J connectivity index is 2.63. The van der Waals surface area contributed by atoms with E-state index >= 15 is 0 Å². The number of halogens is 3. The van der Waals surface area contributed by atoms with Crippen LogP contribution in [0.25, 0.3) is 11.3 Å². The molecule has 0 fully saturated rings. The molecule has 0 saturated carbocycles. The highest BCUT2D eigenvalue weighted by Gasteiger charge is 2.10. The van der Waals surface area contributed by atoms with Crippen molar-refractivity contribution >= 4 is 31.9 Å². The van der Waals surface area contributed by atoms with Crippen LogP contribution in [0.5, 0.6) is 0 Å². The van der Waals surface area contributed by atoms with Gasteiger partial charge in [0.2, 0.25) is 0 Å². The smallest absolute Gasteiger partial charge is 0.146 e. The first kappa shape index (κ1) is 11.7. The van der Waals surface area contributed by atoms with Crippen molar-refractivity contribution in [3.8, 4) is 11.3 Å². The highest BCUT2D eigenvalue weighted by molar-refractivity contribution is 9.10. The van der Waals surface area contributed by atoms with Gasteiger partial charge < -0.3 is 0 Å². The van der Waals surface area contributed by atoms with Gasteiger partial charge in [-0.05, 0) is 57.0 Å². The average Bonchev–Trinajstić information content (AvgIpc) is 2.20. The summed E-state index contributed by atoms with van der Waals surface area (Å²) >= 11 is 6.42. The predicted molar refractivity (Wildman–Crippen MR) is 67.6 cm³/mol. The molecule has 0 amide bonds. The van der Waals surface area contributed by atoms with Gasteiger partial charge in [-0.25, -0.2) is 14.4 Å². The molecule has 2 aromatic rings. The average molecular weight is 346 g/mol. The fourth-order valence-corrected chi connectivity index (χ4v) is 2.21. The summed E-state index contributed by atoms with van der Waals surface area (Å²) in [4.78, 5) is 8.29. The van der Waals surface area contributed by atoms with Gasteiger partial charge in [0.1, 0.15) is 16.2 Å². The quantitative estimate of drug-likeness (QED) is 0.727. The Morgan fingerprint density at radius 2 is 1.94 bits per heavy atom. The van der Waals surface area contributed by atoms with E-state index in [1.807, 2.05) is 0 Å². The molecule has 5 heteroatoms. The summed E-state index contributed by atoms with van der Waals surface area (Å²) in [5.74, 6) is 0.288. The van der Waals surface area contributed by atoms with Crippen molar-refractivity contribution in [2.24, 2.45) is 0 Å². The highest BCUT2D eigenvalue weighted by atomic mass is 79.9. The van der Waals surface area contributed by atoms with E-state index < -0.39 is 0 Å². The summed E-state index contributed by atoms with van der Waals surface area (Å²) in [6.45, 7) is 1.77. The minimum atomic E-state index is -0.312. The molecule has 1 aromatic heterocycles. The van der Waals surface area contributed by atoms with Gasteiger partial charge in [-0.2, -0.15) is 0 Å². The SMILES string of the molecule is Cc1nc(Br)cc(-c2cccc(Br)c2F)n1. The summed E-state index contributed by atoms with van der Waals surface area (Å²) < 4.78 is 14.9. The third kappa shape index (κ3) is 2.30. The second-order valence-electron chi connectivity index (χ2n) is 3.22. The van der Waals surface area contributed by atoms with Gasteiger partial charge in [-0.1, -0.05) is 6.07 Å². The Kier molecular flexibility index (Phi) is 3.35. The van der Waals surface area contributed by atoms with E-state index in [2.05, 4.69) is 41.8 Å². The van der Waals surface area contributed by atoms with Gasteiger partial charge in [0, 0.05) is 5.56 Å². The summed E-state index contributed by atoms with van der Waals surface area (Å²) in [7, 11) is 0. The summed E-state index contributed by atoms with van der Waals surface area (Å²) in [5.41, 5.74) is 1.03. The number of benzene rings is 1. The van der Waals surface area contributed by atoms with Crippen LogP contribution >= 0.6 is 31.9 Å². The van der Waals surface area contributed by atoms with Gasteiger partial charge in [0.15, 0.2) is 0 Å². The zero-order chi connectivity index (χ0) is 11.7. The lowest BCUT2D eigenvalue weighted by molar-refractivity contribution is 0.624. The van der Waals surface area contributed by atoms with Crippen LogP contribution in [-0.4, -0.2) is 9.97 Å². The third-order valence-electron chi connectivity index (χ3n) is 2.03. The van der Waals surface area contributed by atoms with Crippen molar-refractivity contribution < 1.29 is 4.39 Å². The second kappa shape index (κ2) is 4.59. The van der Waals surface area contributed by atoms with Crippen molar-refractivity contribution in [2.75, 3.05) is 0 Å². The van der Waals surface area contributed by atoms with Crippen LogP contribution in [0.15, 0.2) is 33.3 Å². The maximum absolute atomic E-state index is 13.8. The molecule has 2 rings (SSSR count). The highest BCUT2D eigenvalue weighted by Crippen LogP contribution is 2.27. The minimum Gasteiger partial charge on any atom is -0.233 e. The van der Waals surface area contributed by atoms with Gasteiger partial charge in [0.25, 0.3) is 0 Å². The molecule has 82 valence electrons. The fraction of sp³-hybridized carbons (Fsp3) is 0.0909. The molecule has 0 aliphatic heterocycles. The van der Waals surface area contributed by atoms with Gasteiger partial charge in [-0.15, -0.1) is 0 Å². The van der Waals surface area contributed by atoms with E-state index in [0.717, 1.165) is 0 Å². The van der Waals surface area contributed by atoms with Crippen LogP contribution in [0.1, 0.15) is 5.82 Å². The molecular formula is C11H7Br2FN2. The van der Waals surface area contributed by atoms with Crippen molar-refractivity contribution in [3.63, 3.8) is 0 Å². The van der Waals surface area contributed by atoms with Crippen molar-refractivity contribution in [2.45, 2.75) is 6.92 Å². The maximum Gasteiger partial charge on any atom is 0.146 e. The monoisotopic (exact) mass is 344 g/mol. The summed E-state index contributed by atoms with van der Waals surface area (Å²) in [6.07, 6.45) is 0. The molecule has 2 nitrogen and oxygen atoms in total. The van der Waals surface area contributed by atoms with Crippen LogP contribution in [0.4, 0.5) is 4.39 Å². The number of aromatic nitrogens is 2. The molecule has 0 aliphatic carbocycles. The van der Waals surface area contributed by atoms with E-state index in [1.165, 1.54) is 0 Å². The fourth-order valence-electron chi connectivity index (χ4n) is 1.37. The zero-order valence-corrected chi connectivity index (χ0v) is 11.5. The predicted octanol–water partition coefficient (Wildman–Crippen LogP) is 4.12. The van der Waals surface area contributed by atoms with Crippen LogP contribution in [0.2, 0.25) is 0 Å². The van der Waals surface area contributed by atoms with E-state index in [9.17, 15) is 4.39 Å². The molecule has 0 unspecified atom stereocenters. The number of aryl methyl sites for hydroxylation is 1. The van der Waals surface area contributed by atoms with Crippen molar-refractivity contribution in [3.05, 3.63) is 45.0 Å². The van der Waals surface area contributed by atoms with E-state index in [-0.39, 0.29) is 5.82 Å². The number of rotatable bonds is 1. The molecule has 0 radical (unpaired) electrons. The van der Waals surface area contributed by atoms with Crippen molar-refractivity contribution in [1.82, 2.24) is 9.97 Å². The molecular weight excluding hydrogens is 339 g/mol. The largest absolute Gasteiger partial charge is 0.233 e. The minimum absolute atomic E-state index is 0.312. The number of hydrogen-bond donors (Lipinski definition) is 0. The Bertz CT molecular complexity index is 523. The molecule has 1 aromatic carbocycles. The zero-order valence-electron chi connectivity index (χ0n) is 8.34. The molecule has 0 spiro atoms. The first-order valence-corrected chi connectivity index (χ1v) is 6.12. The van der Waals surface area contributed by atoms with Crippen molar-refractivity contribution in [1.29, 1.82) is 0 Å². The topological polar surface area (TPSA) is 25.8 Å². The third-order valence-corrected chi connectivity index (χ3v) is 3.05. The summed E-state index contributed by atoms with van der Waals surface area (Å²) in [6, 6.07) is 6.81. The summed E-state index contributed by atoms with van der Waals surface area (Å²) in [5, 5.41) is 0. The normalized spacial score (nSPS) is 10.5. The second-order valence-corrected chi connectivity index (χ2v) is 4.89. The molecule has 0 atom stereocenters. The maximum atomic E-state index is 13.8. The van der Waals surface area contributed by atoms with Crippen LogP contribution < -0.4 is 0 Å². The molecule has 0 bridgehead atoms. The van der Waals surface area contributed by atoms with E-state index in [1.54, 1.807) is 31.2 Å². The lowest BCUT2D eigenvalue weighted by Crippen LogP contribution is -1.94. The van der Waals surface area contributed by atoms with Gasteiger partial charge >= 0.3 is 0 Å². The van der Waals surface area contributed by atoms with Crippen LogP contribution in [0, 0.1) is 12.7 Å². The first-order valence-electron chi connectivity index (χ1n) is 4.53. The number of hydrogen-bond acceptors (Lipinski definition) is 2. The molecule has 1 heterocycles. The van der Waals surface area contributed by atoms with Crippen LogP contribution in [0.3, 0.4) is 0 Å².